The third kappa shape index (κ3) is 4.31. The molecule has 0 aromatic carbocycles. The maximum Gasteiger partial charge on any atom is 0.225 e. The molecule has 7 nitrogen and oxygen atoms in total. The molecular formula is C14H23IN6OS. The smallest absolute Gasteiger partial charge is 0.225 e. The van der Waals surface area contributed by atoms with Gasteiger partial charge in [-0.2, -0.15) is 0 Å². The fourth-order valence-corrected chi connectivity index (χ4v) is 3.51. The van der Waals surface area contributed by atoms with Gasteiger partial charge in [-0.3, -0.25) is 9.20 Å². The van der Waals surface area contributed by atoms with Crippen LogP contribution in [0.4, 0.5) is 5.95 Å². The number of hydrogen-bond acceptors (Lipinski definition) is 5. The highest BCUT2D eigenvalue weighted by molar-refractivity contribution is 14.0. The van der Waals surface area contributed by atoms with E-state index in [1.807, 2.05) is 6.07 Å². The van der Waals surface area contributed by atoms with E-state index in [9.17, 15) is 4.21 Å². The third-order valence-electron chi connectivity index (χ3n) is 4.39. The number of nitrogens with zero attached hydrogens (tertiary/aromatic N) is 5. The van der Waals surface area contributed by atoms with Crippen molar-refractivity contribution in [2.75, 3.05) is 43.9 Å². The molecule has 23 heavy (non-hydrogen) atoms. The number of hydrogen-bond donors (Lipinski definition) is 1. The van der Waals surface area contributed by atoms with Gasteiger partial charge in [-0.25, -0.2) is 9.97 Å². The molecule has 1 saturated heterocycles. The van der Waals surface area contributed by atoms with Gasteiger partial charge in [0.05, 0.1) is 11.3 Å². The maximum atomic E-state index is 11.7. The van der Waals surface area contributed by atoms with Gasteiger partial charge in [0.25, 0.3) is 0 Å². The molecule has 2 N–H and O–H groups in total. The van der Waals surface area contributed by atoms with Crippen molar-refractivity contribution in [1.82, 2.24) is 14.9 Å². The van der Waals surface area contributed by atoms with Gasteiger partial charge in [0, 0.05) is 55.6 Å². The Hall–Kier alpha value is -0.970. The SMILES string of the molecule is CS(=O)C1(CN=C(N)N2CCN(c3ncccn3)CC2)CC1.I. The van der Waals surface area contributed by atoms with Gasteiger partial charge >= 0.3 is 0 Å². The molecule has 9 heteroatoms. The second-order valence-electron chi connectivity index (χ2n) is 5.83. The van der Waals surface area contributed by atoms with E-state index in [2.05, 4.69) is 24.8 Å². The van der Waals surface area contributed by atoms with E-state index in [1.54, 1.807) is 18.6 Å². The summed E-state index contributed by atoms with van der Waals surface area (Å²) in [5.41, 5.74) is 6.09. The van der Waals surface area contributed by atoms with Crippen molar-refractivity contribution in [2.45, 2.75) is 17.6 Å². The number of piperazine rings is 1. The molecule has 2 fully saturated rings. The molecule has 0 bridgehead atoms. The van der Waals surface area contributed by atoms with E-state index in [0.717, 1.165) is 45.0 Å². The lowest BCUT2D eigenvalue weighted by Gasteiger charge is -2.35. The van der Waals surface area contributed by atoms with Gasteiger partial charge in [-0.1, -0.05) is 0 Å². The van der Waals surface area contributed by atoms with Crippen molar-refractivity contribution in [1.29, 1.82) is 0 Å². The van der Waals surface area contributed by atoms with Crippen LogP contribution in [-0.2, 0) is 10.8 Å². The highest BCUT2D eigenvalue weighted by Gasteiger charge is 2.46. The van der Waals surface area contributed by atoms with Crippen LogP contribution in [0.15, 0.2) is 23.5 Å². The molecule has 1 aromatic heterocycles. The van der Waals surface area contributed by atoms with Crippen LogP contribution >= 0.6 is 24.0 Å². The highest BCUT2D eigenvalue weighted by Crippen LogP contribution is 2.41. The second kappa shape index (κ2) is 7.73. The van der Waals surface area contributed by atoms with Crippen LogP contribution in [0.25, 0.3) is 0 Å². The van der Waals surface area contributed by atoms with E-state index in [1.165, 1.54) is 0 Å². The zero-order chi connectivity index (χ0) is 15.6. The minimum Gasteiger partial charge on any atom is -0.370 e. The normalized spacial score (nSPS) is 21.5. The summed E-state index contributed by atoms with van der Waals surface area (Å²) in [4.78, 5) is 17.2. The van der Waals surface area contributed by atoms with Gasteiger partial charge in [-0.05, 0) is 18.9 Å². The summed E-state index contributed by atoms with van der Waals surface area (Å²) in [7, 11) is -0.823. The Kier molecular flexibility index (Phi) is 6.18. The standard InChI is InChI=1S/C14H22N6OS.HI/c1-22(21)14(3-4-14)11-18-12(15)19-7-9-20(10-8-19)13-16-5-2-6-17-13;/h2,5-6H,3-4,7-11H2,1H3,(H2,15,18);1H. The molecular weight excluding hydrogens is 427 g/mol. The molecule has 1 aromatic rings. The number of halogens is 1. The van der Waals surface area contributed by atoms with E-state index in [0.29, 0.717) is 12.5 Å². The fourth-order valence-electron chi connectivity index (χ4n) is 2.59. The highest BCUT2D eigenvalue weighted by atomic mass is 127. The topological polar surface area (TPSA) is 87.7 Å². The molecule has 1 aliphatic carbocycles. The zero-order valence-electron chi connectivity index (χ0n) is 13.2. The van der Waals surface area contributed by atoms with Crippen LogP contribution < -0.4 is 10.6 Å². The minimum absolute atomic E-state index is 0. The van der Waals surface area contributed by atoms with Crippen molar-refractivity contribution < 1.29 is 4.21 Å². The number of aromatic nitrogens is 2. The molecule has 0 spiro atoms. The lowest BCUT2D eigenvalue weighted by molar-refractivity contribution is 0.378. The van der Waals surface area contributed by atoms with Gasteiger partial charge in [-0.15, -0.1) is 24.0 Å². The van der Waals surface area contributed by atoms with Crippen molar-refractivity contribution in [3.8, 4) is 0 Å². The lowest BCUT2D eigenvalue weighted by Crippen LogP contribution is -2.51. The number of rotatable bonds is 4. The molecule has 1 aliphatic heterocycles. The predicted octanol–water partition coefficient (Wildman–Crippen LogP) is 0.442. The summed E-state index contributed by atoms with van der Waals surface area (Å²) in [6, 6.07) is 1.82. The number of anilines is 1. The number of nitrogens with two attached hydrogens (primary N) is 1. The molecule has 3 rings (SSSR count). The van der Waals surface area contributed by atoms with Gasteiger partial charge < -0.3 is 15.5 Å². The summed E-state index contributed by atoms with van der Waals surface area (Å²) in [6.07, 6.45) is 7.25. The Labute approximate surface area is 156 Å². The summed E-state index contributed by atoms with van der Waals surface area (Å²) in [6.45, 7) is 3.83. The molecule has 1 saturated carbocycles. The Morgan fingerprint density at radius 2 is 1.91 bits per heavy atom. The summed E-state index contributed by atoms with van der Waals surface area (Å²) in [5.74, 6) is 1.32. The maximum absolute atomic E-state index is 11.7. The van der Waals surface area contributed by atoms with Crippen molar-refractivity contribution in [3.05, 3.63) is 18.5 Å². The Bertz CT molecular complexity index is 572. The lowest BCUT2D eigenvalue weighted by atomic mass is 10.3. The molecule has 1 atom stereocenters. The van der Waals surface area contributed by atoms with Crippen LogP contribution in [-0.4, -0.2) is 68.8 Å². The monoisotopic (exact) mass is 450 g/mol. The number of aliphatic imine (C=N–C) groups is 1. The van der Waals surface area contributed by atoms with Crippen LogP contribution in [0.5, 0.6) is 0 Å². The summed E-state index contributed by atoms with van der Waals surface area (Å²) < 4.78 is 11.6. The molecule has 2 heterocycles. The van der Waals surface area contributed by atoms with Crippen LogP contribution in [0.1, 0.15) is 12.8 Å². The average molecular weight is 450 g/mol. The van der Waals surface area contributed by atoms with E-state index in [4.69, 9.17) is 5.73 Å². The van der Waals surface area contributed by atoms with Crippen LogP contribution in [0.2, 0.25) is 0 Å². The largest absolute Gasteiger partial charge is 0.370 e. The first-order valence-corrected chi connectivity index (χ1v) is 9.07. The van der Waals surface area contributed by atoms with Gasteiger partial charge in [0.2, 0.25) is 5.95 Å². The first-order valence-electron chi connectivity index (χ1n) is 7.51. The van der Waals surface area contributed by atoms with E-state index >= 15 is 0 Å². The van der Waals surface area contributed by atoms with Crippen LogP contribution in [0, 0.1) is 0 Å². The Morgan fingerprint density at radius 3 is 2.43 bits per heavy atom. The molecule has 128 valence electrons. The van der Waals surface area contributed by atoms with Crippen LogP contribution in [0.3, 0.4) is 0 Å². The third-order valence-corrected chi connectivity index (χ3v) is 6.14. The molecule has 0 radical (unpaired) electrons. The zero-order valence-corrected chi connectivity index (χ0v) is 16.4. The van der Waals surface area contributed by atoms with Crippen molar-refractivity contribution in [2.24, 2.45) is 10.7 Å². The average Bonchev–Trinajstić information content (AvgIpc) is 3.35. The second-order valence-corrected chi connectivity index (χ2v) is 7.61. The Morgan fingerprint density at radius 1 is 1.30 bits per heavy atom. The van der Waals surface area contributed by atoms with Crippen molar-refractivity contribution >= 4 is 46.7 Å². The van der Waals surface area contributed by atoms with Crippen molar-refractivity contribution in [3.63, 3.8) is 0 Å². The molecule has 2 aliphatic rings. The number of guanidine groups is 1. The summed E-state index contributed by atoms with van der Waals surface area (Å²) >= 11 is 0. The Balaban J connectivity index is 0.00000192. The first-order chi connectivity index (χ1) is 10.6. The van der Waals surface area contributed by atoms with Gasteiger partial charge in [0.15, 0.2) is 5.96 Å². The molecule has 1 unspecified atom stereocenters. The fraction of sp³-hybridized carbons (Fsp3) is 0.643. The van der Waals surface area contributed by atoms with Gasteiger partial charge in [0.1, 0.15) is 0 Å². The van der Waals surface area contributed by atoms with E-state index in [-0.39, 0.29) is 28.7 Å². The molecule has 0 amide bonds. The first kappa shape index (κ1) is 18.4. The van der Waals surface area contributed by atoms with E-state index < -0.39 is 10.8 Å². The minimum atomic E-state index is -0.823. The summed E-state index contributed by atoms with van der Waals surface area (Å²) in [5, 5.41) is 0. The predicted molar refractivity (Wildman–Crippen MR) is 104 cm³/mol. The quantitative estimate of drug-likeness (QED) is 0.407.